The van der Waals surface area contributed by atoms with Gasteiger partial charge in [-0.3, -0.25) is 0 Å². The van der Waals surface area contributed by atoms with Crippen LogP contribution in [-0.4, -0.2) is 37.9 Å². The van der Waals surface area contributed by atoms with Crippen molar-refractivity contribution in [3.63, 3.8) is 0 Å². The quantitative estimate of drug-likeness (QED) is 0.698. The third-order valence-corrected chi connectivity index (χ3v) is 3.83. The molecule has 0 heterocycles. The van der Waals surface area contributed by atoms with E-state index in [0.717, 1.165) is 12.8 Å². The maximum atomic E-state index is 12.0. The number of nitrogens with one attached hydrogen (secondary N) is 1. The number of rotatable bonds is 7. The predicted octanol–water partition coefficient (Wildman–Crippen LogP) is 0.680. The predicted molar refractivity (Wildman–Crippen MR) is 67.3 cm³/mol. The van der Waals surface area contributed by atoms with Gasteiger partial charge in [-0.1, -0.05) is 13.3 Å². The molecule has 0 bridgehead atoms. The molecule has 98 valence electrons. The highest BCUT2D eigenvalue weighted by Crippen LogP contribution is 2.07. The maximum absolute atomic E-state index is 12.0. The van der Waals surface area contributed by atoms with Crippen molar-refractivity contribution in [3.05, 3.63) is 0 Å². The molecule has 0 aliphatic rings. The van der Waals surface area contributed by atoms with Gasteiger partial charge < -0.3 is 5.73 Å². The highest BCUT2D eigenvalue weighted by Gasteiger charge is 2.25. The summed E-state index contributed by atoms with van der Waals surface area (Å²) in [5.41, 5.74) is 4.97. The van der Waals surface area contributed by atoms with Crippen LogP contribution in [0.5, 0.6) is 0 Å². The van der Waals surface area contributed by atoms with E-state index in [1.807, 2.05) is 27.7 Å². The molecule has 0 radical (unpaired) electrons. The zero-order valence-electron chi connectivity index (χ0n) is 10.8. The number of nitrogens with two attached hydrogens (primary N) is 1. The van der Waals surface area contributed by atoms with E-state index >= 15 is 0 Å². The first kappa shape index (κ1) is 15.8. The van der Waals surface area contributed by atoms with Crippen molar-refractivity contribution in [1.82, 2.24) is 9.03 Å². The van der Waals surface area contributed by atoms with E-state index in [1.165, 1.54) is 4.31 Å². The Morgan fingerprint density at radius 1 is 1.25 bits per heavy atom. The van der Waals surface area contributed by atoms with E-state index in [-0.39, 0.29) is 0 Å². The average molecular weight is 251 g/mol. The Morgan fingerprint density at radius 3 is 2.19 bits per heavy atom. The van der Waals surface area contributed by atoms with E-state index in [9.17, 15) is 8.42 Å². The minimum atomic E-state index is -3.41. The van der Waals surface area contributed by atoms with Gasteiger partial charge in [-0.2, -0.15) is 17.4 Å². The van der Waals surface area contributed by atoms with Crippen LogP contribution in [-0.2, 0) is 10.2 Å². The molecule has 0 fully saturated rings. The van der Waals surface area contributed by atoms with Gasteiger partial charge in [0.25, 0.3) is 10.2 Å². The van der Waals surface area contributed by atoms with E-state index in [1.54, 1.807) is 0 Å². The van der Waals surface area contributed by atoms with Gasteiger partial charge in [0.2, 0.25) is 0 Å². The van der Waals surface area contributed by atoms with Gasteiger partial charge in [-0.05, 0) is 27.2 Å². The fraction of sp³-hybridized carbons (Fsp3) is 1.00. The molecule has 0 aliphatic carbocycles. The Morgan fingerprint density at radius 2 is 1.81 bits per heavy atom. The van der Waals surface area contributed by atoms with Crippen LogP contribution in [0.2, 0.25) is 0 Å². The van der Waals surface area contributed by atoms with Crippen LogP contribution >= 0.6 is 0 Å². The first-order valence-electron chi connectivity index (χ1n) is 5.72. The number of unbranched alkanes of at least 4 members (excludes halogenated alkanes) is 1. The fourth-order valence-electron chi connectivity index (χ4n) is 1.28. The minimum Gasteiger partial charge on any atom is -0.329 e. The van der Waals surface area contributed by atoms with Crippen LogP contribution < -0.4 is 10.5 Å². The Labute approximate surface area is 99.6 Å². The molecule has 5 nitrogen and oxygen atoms in total. The molecule has 0 saturated carbocycles. The highest BCUT2D eigenvalue weighted by atomic mass is 32.2. The summed E-state index contributed by atoms with van der Waals surface area (Å²) < 4.78 is 28.1. The van der Waals surface area contributed by atoms with Crippen LogP contribution in [0.3, 0.4) is 0 Å². The molecule has 0 unspecified atom stereocenters. The van der Waals surface area contributed by atoms with E-state index < -0.39 is 15.7 Å². The first-order valence-corrected chi connectivity index (χ1v) is 7.16. The second-order valence-corrected chi connectivity index (χ2v) is 6.57. The highest BCUT2D eigenvalue weighted by molar-refractivity contribution is 7.87. The second-order valence-electron chi connectivity index (χ2n) is 4.90. The topological polar surface area (TPSA) is 75.4 Å². The molecule has 0 aromatic rings. The summed E-state index contributed by atoms with van der Waals surface area (Å²) in [7, 11) is -3.41. The van der Waals surface area contributed by atoms with Crippen molar-refractivity contribution in [2.45, 2.75) is 46.1 Å². The molecule has 16 heavy (non-hydrogen) atoms. The summed E-state index contributed by atoms with van der Waals surface area (Å²) in [5.74, 6) is 0. The summed E-state index contributed by atoms with van der Waals surface area (Å²) >= 11 is 0. The minimum absolute atomic E-state index is 0.342. The molecule has 0 spiro atoms. The Bertz CT molecular complexity index is 283. The molecular formula is C10H25N3O2S. The van der Waals surface area contributed by atoms with Crippen molar-refractivity contribution in [2.24, 2.45) is 5.73 Å². The lowest BCUT2D eigenvalue weighted by molar-refractivity contribution is 0.384. The molecule has 0 amide bonds. The lowest BCUT2D eigenvalue weighted by Crippen LogP contribution is -2.50. The molecular weight excluding hydrogens is 226 g/mol. The van der Waals surface area contributed by atoms with Gasteiger partial charge in [-0.25, -0.2) is 0 Å². The summed E-state index contributed by atoms with van der Waals surface area (Å²) in [4.78, 5) is 0. The van der Waals surface area contributed by atoms with Crippen LogP contribution in [0.25, 0.3) is 0 Å². The lowest BCUT2D eigenvalue weighted by atomic mass is 10.1. The van der Waals surface area contributed by atoms with Crippen LogP contribution in [0.4, 0.5) is 0 Å². The Kier molecular flexibility index (Phi) is 6.47. The second kappa shape index (κ2) is 6.54. The van der Waals surface area contributed by atoms with Crippen molar-refractivity contribution in [1.29, 1.82) is 0 Å². The molecule has 0 aromatic carbocycles. The molecule has 3 N–H and O–H groups in total. The summed E-state index contributed by atoms with van der Waals surface area (Å²) in [6.07, 6.45) is 1.82. The molecule has 0 aromatic heterocycles. The third-order valence-electron chi connectivity index (χ3n) is 1.91. The molecule has 0 saturated heterocycles. The zero-order chi connectivity index (χ0) is 12.8. The van der Waals surface area contributed by atoms with Crippen molar-refractivity contribution >= 4 is 10.2 Å². The van der Waals surface area contributed by atoms with Gasteiger partial charge >= 0.3 is 0 Å². The third kappa shape index (κ3) is 6.42. The zero-order valence-corrected chi connectivity index (χ0v) is 11.6. The van der Waals surface area contributed by atoms with Crippen LogP contribution in [0, 0.1) is 0 Å². The van der Waals surface area contributed by atoms with Gasteiger partial charge in [0.15, 0.2) is 0 Å². The monoisotopic (exact) mass is 251 g/mol. The van der Waals surface area contributed by atoms with E-state index in [0.29, 0.717) is 19.6 Å². The van der Waals surface area contributed by atoms with Crippen LogP contribution in [0.15, 0.2) is 0 Å². The molecule has 6 heteroatoms. The fourth-order valence-corrected chi connectivity index (χ4v) is 2.90. The lowest BCUT2D eigenvalue weighted by Gasteiger charge is -2.27. The van der Waals surface area contributed by atoms with Gasteiger partial charge in [0.1, 0.15) is 0 Å². The standard InChI is InChI=1S/C10H25N3O2S/c1-5-6-8-13(9-7-11)16(14,15)12-10(2,3)4/h12H,5-9,11H2,1-4H3. The maximum Gasteiger partial charge on any atom is 0.279 e. The van der Waals surface area contributed by atoms with E-state index in [4.69, 9.17) is 5.73 Å². The first-order chi connectivity index (χ1) is 7.23. The molecule has 0 aliphatic heterocycles. The van der Waals surface area contributed by atoms with Gasteiger partial charge in [0.05, 0.1) is 0 Å². The van der Waals surface area contributed by atoms with Crippen molar-refractivity contribution in [3.8, 4) is 0 Å². The van der Waals surface area contributed by atoms with E-state index in [2.05, 4.69) is 4.72 Å². The SMILES string of the molecule is CCCCN(CCN)S(=O)(=O)NC(C)(C)C. The molecule has 0 atom stereocenters. The Hall–Kier alpha value is -0.170. The molecule has 0 rings (SSSR count). The Balaban J connectivity index is 4.62. The number of hydrogen-bond donors (Lipinski definition) is 2. The van der Waals surface area contributed by atoms with Gasteiger partial charge in [-0.15, -0.1) is 0 Å². The largest absolute Gasteiger partial charge is 0.329 e. The summed E-state index contributed by atoms with van der Waals surface area (Å²) in [6, 6.07) is 0. The van der Waals surface area contributed by atoms with Crippen LogP contribution in [0.1, 0.15) is 40.5 Å². The van der Waals surface area contributed by atoms with Crippen molar-refractivity contribution < 1.29 is 8.42 Å². The normalized spacial score (nSPS) is 13.4. The van der Waals surface area contributed by atoms with Crippen molar-refractivity contribution in [2.75, 3.05) is 19.6 Å². The summed E-state index contributed by atoms with van der Waals surface area (Å²) in [5, 5.41) is 0. The average Bonchev–Trinajstić information content (AvgIpc) is 2.07. The number of nitrogens with zero attached hydrogens (tertiary/aromatic N) is 1. The van der Waals surface area contributed by atoms with Gasteiger partial charge in [0, 0.05) is 25.2 Å². The number of hydrogen-bond acceptors (Lipinski definition) is 3. The summed E-state index contributed by atoms with van der Waals surface area (Å²) in [6.45, 7) is 8.74. The smallest absolute Gasteiger partial charge is 0.279 e.